The van der Waals surface area contributed by atoms with E-state index in [9.17, 15) is 4.79 Å². The van der Waals surface area contributed by atoms with Crippen LogP contribution in [-0.4, -0.2) is 26.5 Å². The lowest BCUT2D eigenvalue weighted by Gasteiger charge is -2.00. The Balaban J connectivity index is 1.69. The van der Waals surface area contributed by atoms with E-state index in [4.69, 9.17) is 0 Å². The summed E-state index contributed by atoms with van der Waals surface area (Å²) in [5.74, 6) is 0.489. The van der Waals surface area contributed by atoms with Gasteiger partial charge in [-0.1, -0.05) is 11.3 Å². The molecular weight excluding hydrogens is 226 g/mol. The van der Waals surface area contributed by atoms with Crippen LogP contribution in [0.5, 0.6) is 0 Å². The largest absolute Gasteiger partial charge is 0.349 e. The molecule has 84 valence electrons. The highest BCUT2D eigenvalue weighted by atomic mass is 32.1. The van der Waals surface area contributed by atoms with Crippen molar-refractivity contribution in [1.29, 1.82) is 0 Å². The molecule has 0 bridgehead atoms. The van der Waals surface area contributed by atoms with Crippen molar-refractivity contribution in [2.75, 3.05) is 0 Å². The summed E-state index contributed by atoms with van der Waals surface area (Å²) < 4.78 is 0. The Hall–Kier alpha value is -1.76. The number of aromatic amines is 1. The highest BCUT2D eigenvalue weighted by molar-refractivity contribution is 7.09. The van der Waals surface area contributed by atoms with Crippen molar-refractivity contribution >= 4 is 17.2 Å². The Morgan fingerprint density at radius 2 is 2.50 bits per heavy atom. The Kier molecular flexibility index (Phi) is 3.60. The monoisotopic (exact) mass is 237 g/mol. The molecule has 0 atom stereocenters. The molecule has 7 heteroatoms. The van der Waals surface area contributed by atoms with Crippen LogP contribution in [0.15, 0.2) is 17.5 Å². The average Bonchev–Trinajstić information content (AvgIpc) is 2.96. The van der Waals surface area contributed by atoms with E-state index in [2.05, 4.69) is 25.9 Å². The Morgan fingerprint density at radius 3 is 3.19 bits per heavy atom. The topological polar surface area (TPSA) is 83.6 Å². The van der Waals surface area contributed by atoms with Gasteiger partial charge in [0.15, 0.2) is 5.82 Å². The summed E-state index contributed by atoms with van der Waals surface area (Å²) >= 11 is 1.66. The van der Waals surface area contributed by atoms with Crippen molar-refractivity contribution in [3.63, 3.8) is 0 Å². The van der Waals surface area contributed by atoms with Crippen LogP contribution < -0.4 is 5.32 Å². The minimum atomic E-state index is -0.00167. The van der Waals surface area contributed by atoms with E-state index in [1.807, 2.05) is 17.5 Å². The fourth-order valence-electron chi connectivity index (χ4n) is 1.21. The van der Waals surface area contributed by atoms with Crippen LogP contribution in [0, 0.1) is 0 Å². The van der Waals surface area contributed by atoms with Crippen LogP contribution in [0.4, 0.5) is 0 Å². The van der Waals surface area contributed by atoms with Gasteiger partial charge in [0.25, 0.3) is 0 Å². The standard InChI is InChI=1S/C9H11N5OS/c15-9(4-3-7-2-1-5-16-7)10-6-8-11-13-14-12-8/h1-2,5H,3-4,6H2,(H,10,15)(H,11,12,13,14). The molecule has 2 aromatic rings. The number of hydrogen-bond acceptors (Lipinski definition) is 5. The Bertz CT molecular complexity index is 384. The molecular formula is C9H11N5OS. The van der Waals surface area contributed by atoms with Crippen LogP contribution in [0.25, 0.3) is 0 Å². The number of aromatic nitrogens is 4. The zero-order valence-electron chi connectivity index (χ0n) is 8.51. The lowest BCUT2D eigenvalue weighted by molar-refractivity contribution is -0.121. The fourth-order valence-corrected chi connectivity index (χ4v) is 1.92. The third-order valence-electron chi connectivity index (χ3n) is 2.01. The number of hydrogen-bond donors (Lipinski definition) is 2. The molecule has 2 aromatic heterocycles. The first kappa shape index (κ1) is 10.7. The van der Waals surface area contributed by atoms with Gasteiger partial charge in [-0.05, 0) is 17.9 Å². The third kappa shape index (κ3) is 3.13. The number of carbonyl (C=O) groups excluding carboxylic acids is 1. The van der Waals surface area contributed by atoms with Gasteiger partial charge in [-0.25, -0.2) is 0 Å². The van der Waals surface area contributed by atoms with Crippen LogP contribution in [0.2, 0.25) is 0 Å². The molecule has 0 saturated heterocycles. The minimum absolute atomic E-state index is 0.00167. The summed E-state index contributed by atoms with van der Waals surface area (Å²) in [7, 11) is 0. The van der Waals surface area contributed by atoms with Gasteiger partial charge in [-0.3, -0.25) is 4.79 Å². The van der Waals surface area contributed by atoms with Crippen molar-refractivity contribution in [3.8, 4) is 0 Å². The van der Waals surface area contributed by atoms with E-state index in [1.165, 1.54) is 4.88 Å². The maximum Gasteiger partial charge on any atom is 0.220 e. The summed E-state index contributed by atoms with van der Waals surface area (Å²) in [6.07, 6.45) is 1.26. The quantitative estimate of drug-likeness (QED) is 0.793. The van der Waals surface area contributed by atoms with Gasteiger partial charge in [0.05, 0.1) is 6.54 Å². The molecule has 0 fully saturated rings. The molecule has 0 aliphatic rings. The SMILES string of the molecule is O=C(CCc1cccs1)NCc1nn[nH]n1. The predicted octanol–water partition coefficient (Wildman–Crippen LogP) is 0.510. The highest BCUT2D eigenvalue weighted by Crippen LogP contribution is 2.10. The second-order valence-electron chi connectivity index (χ2n) is 3.18. The Labute approximate surface area is 96.1 Å². The number of aryl methyl sites for hydroxylation is 1. The molecule has 0 unspecified atom stereocenters. The van der Waals surface area contributed by atoms with Crippen molar-refractivity contribution in [1.82, 2.24) is 25.9 Å². The van der Waals surface area contributed by atoms with Crippen molar-refractivity contribution in [3.05, 3.63) is 28.2 Å². The van der Waals surface area contributed by atoms with Crippen LogP contribution >= 0.6 is 11.3 Å². The minimum Gasteiger partial charge on any atom is -0.349 e. The number of H-pyrrole nitrogens is 1. The second-order valence-corrected chi connectivity index (χ2v) is 4.22. The van der Waals surface area contributed by atoms with Crippen molar-refractivity contribution < 1.29 is 4.79 Å². The van der Waals surface area contributed by atoms with E-state index >= 15 is 0 Å². The van der Waals surface area contributed by atoms with E-state index in [-0.39, 0.29) is 5.91 Å². The van der Waals surface area contributed by atoms with Crippen LogP contribution in [0.3, 0.4) is 0 Å². The van der Waals surface area contributed by atoms with Crippen LogP contribution in [0.1, 0.15) is 17.1 Å². The molecule has 2 heterocycles. The smallest absolute Gasteiger partial charge is 0.220 e. The molecule has 1 amide bonds. The van der Waals surface area contributed by atoms with Crippen molar-refractivity contribution in [2.45, 2.75) is 19.4 Å². The molecule has 6 nitrogen and oxygen atoms in total. The van der Waals surface area contributed by atoms with Gasteiger partial charge in [-0.2, -0.15) is 5.21 Å². The van der Waals surface area contributed by atoms with Gasteiger partial charge in [0.1, 0.15) is 0 Å². The van der Waals surface area contributed by atoms with E-state index in [0.717, 1.165) is 6.42 Å². The van der Waals surface area contributed by atoms with Crippen molar-refractivity contribution in [2.24, 2.45) is 0 Å². The maximum atomic E-state index is 11.4. The summed E-state index contributed by atoms with van der Waals surface area (Å²) in [6.45, 7) is 0.319. The average molecular weight is 237 g/mol. The summed E-state index contributed by atoms with van der Waals surface area (Å²) in [5.41, 5.74) is 0. The molecule has 2 rings (SSSR count). The number of nitrogens with zero attached hydrogens (tertiary/aromatic N) is 3. The zero-order valence-corrected chi connectivity index (χ0v) is 9.33. The van der Waals surface area contributed by atoms with E-state index in [1.54, 1.807) is 11.3 Å². The normalized spacial score (nSPS) is 10.2. The Morgan fingerprint density at radius 1 is 1.56 bits per heavy atom. The third-order valence-corrected chi connectivity index (χ3v) is 2.95. The molecule has 0 aliphatic carbocycles. The van der Waals surface area contributed by atoms with Gasteiger partial charge in [0, 0.05) is 11.3 Å². The van der Waals surface area contributed by atoms with Gasteiger partial charge in [0.2, 0.25) is 5.91 Å². The number of tetrazole rings is 1. The van der Waals surface area contributed by atoms with E-state index < -0.39 is 0 Å². The summed E-state index contributed by atoms with van der Waals surface area (Å²) in [4.78, 5) is 12.7. The highest BCUT2D eigenvalue weighted by Gasteiger charge is 2.04. The molecule has 0 aromatic carbocycles. The number of carbonyl (C=O) groups is 1. The number of nitrogens with one attached hydrogen (secondary N) is 2. The number of rotatable bonds is 5. The summed E-state index contributed by atoms with van der Waals surface area (Å²) in [5, 5.41) is 17.9. The molecule has 16 heavy (non-hydrogen) atoms. The van der Waals surface area contributed by atoms with E-state index in [0.29, 0.717) is 18.8 Å². The maximum absolute atomic E-state index is 11.4. The first-order chi connectivity index (χ1) is 7.84. The number of thiophene rings is 1. The molecule has 0 radical (unpaired) electrons. The molecule has 0 saturated carbocycles. The van der Waals surface area contributed by atoms with Gasteiger partial charge < -0.3 is 5.32 Å². The second kappa shape index (κ2) is 5.36. The van der Waals surface area contributed by atoms with Crippen LogP contribution in [-0.2, 0) is 17.8 Å². The molecule has 0 aliphatic heterocycles. The summed E-state index contributed by atoms with van der Waals surface area (Å²) in [6, 6.07) is 4.01. The molecule has 2 N–H and O–H groups in total. The first-order valence-electron chi connectivity index (χ1n) is 4.86. The van der Waals surface area contributed by atoms with Gasteiger partial charge in [-0.15, -0.1) is 21.5 Å². The fraction of sp³-hybridized carbons (Fsp3) is 0.333. The number of amides is 1. The predicted molar refractivity (Wildman–Crippen MR) is 58.7 cm³/mol. The lowest BCUT2D eigenvalue weighted by Crippen LogP contribution is -2.23. The van der Waals surface area contributed by atoms with Gasteiger partial charge >= 0.3 is 0 Å². The first-order valence-corrected chi connectivity index (χ1v) is 5.74. The molecule has 0 spiro atoms. The lowest BCUT2D eigenvalue weighted by atomic mass is 10.2. The zero-order chi connectivity index (χ0) is 11.2.